The maximum Gasteiger partial charge on any atom is 0.269 e. The predicted octanol–water partition coefficient (Wildman–Crippen LogP) is 3.07. The minimum Gasteiger partial charge on any atom is -0.358 e. The number of hydrazine groups is 1. The lowest BCUT2D eigenvalue weighted by atomic mass is 9.78. The van der Waals surface area contributed by atoms with Crippen molar-refractivity contribution in [1.82, 2.24) is 16.2 Å². The van der Waals surface area contributed by atoms with Gasteiger partial charge in [-0.1, -0.05) is 32.8 Å². The topological polar surface area (TPSA) is 53.2 Å². The van der Waals surface area contributed by atoms with Gasteiger partial charge in [0.1, 0.15) is 5.82 Å². The Labute approximate surface area is 142 Å². The van der Waals surface area contributed by atoms with Crippen LogP contribution in [0.2, 0.25) is 0 Å². The molecule has 0 spiro atoms. The molecule has 1 aromatic carbocycles. The first-order valence-corrected chi connectivity index (χ1v) is 8.42. The molecule has 1 aromatic rings. The molecule has 0 unspecified atom stereocenters. The number of thiocarbonyl (C=S) groups is 1. The maximum absolute atomic E-state index is 13.5. The van der Waals surface area contributed by atoms with Gasteiger partial charge < -0.3 is 5.32 Å². The quantitative estimate of drug-likeness (QED) is 0.573. The van der Waals surface area contributed by atoms with Gasteiger partial charge in [0.2, 0.25) is 0 Å². The van der Waals surface area contributed by atoms with Crippen LogP contribution < -0.4 is 16.2 Å². The number of hydrogen-bond acceptors (Lipinski definition) is 2. The second kappa shape index (κ2) is 7.73. The van der Waals surface area contributed by atoms with Gasteiger partial charge in [-0.2, -0.15) is 0 Å². The van der Waals surface area contributed by atoms with E-state index in [1.54, 1.807) is 19.1 Å². The van der Waals surface area contributed by atoms with Gasteiger partial charge in [0, 0.05) is 11.6 Å². The van der Waals surface area contributed by atoms with Gasteiger partial charge in [-0.3, -0.25) is 15.6 Å². The highest BCUT2D eigenvalue weighted by Gasteiger charge is 2.27. The first-order valence-electron chi connectivity index (χ1n) is 8.01. The van der Waals surface area contributed by atoms with Gasteiger partial charge >= 0.3 is 0 Å². The molecule has 0 heterocycles. The van der Waals surface area contributed by atoms with Crippen molar-refractivity contribution in [3.63, 3.8) is 0 Å². The van der Waals surface area contributed by atoms with Crippen molar-refractivity contribution in [1.29, 1.82) is 0 Å². The minimum atomic E-state index is -0.418. The fraction of sp³-hybridized carbons (Fsp3) is 0.529. The monoisotopic (exact) mass is 337 g/mol. The molecule has 1 saturated carbocycles. The first-order chi connectivity index (χ1) is 10.9. The van der Waals surface area contributed by atoms with Crippen LogP contribution in [0.15, 0.2) is 18.2 Å². The maximum atomic E-state index is 13.5. The summed E-state index contributed by atoms with van der Waals surface area (Å²) in [6.07, 6.45) is 3.50. The number of nitrogens with one attached hydrogen (secondary N) is 3. The molecule has 3 N–H and O–H groups in total. The molecule has 0 aromatic heterocycles. The summed E-state index contributed by atoms with van der Waals surface area (Å²) < 4.78 is 13.5. The number of aryl methyl sites for hydroxylation is 1. The molecular formula is C17H24FN3OS. The lowest BCUT2D eigenvalue weighted by Gasteiger charge is -2.35. The molecule has 0 bridgehead atoms. The zero-order valence-electron chi connectivity index (χ0n) is 13.8. The Kier molecular flexibility index (Phi) is 5.93. The van der Waals surface area contributed by atoms with E-state index < -0.39 is 11.7 Å². The summed E-state index contributed by atoms with van der Waals surface area (Å²) in [5.41, 5.74) is 5.96. The second-order valence-electron chi connectivity index (χ2n) is 6.39. The third kappa shape index (κ3) is 4.64. The molecule has 6 heteroatoms. The van der Waals surface area contributed by atoms with Crippen LogP contribution in [0, 0.1) is 24.6 Å². The Morgan fingerprint density at radius 3 is 2.70 bits per heavy atom. The number of carbonyl (C=O) groups excluding carboxylic acids is 1. The predicted molar refractivity (Wildman–Crippen MR) is 93.4 cm³/mol. The van der Waals surface area contributed by atoms with Gasteiger partial charge in [-0.15, -0.1) is 0 Å². The van der Waals surface area contributed by atoms with Crippen LogP contribution in [0.1, 0.15) is 49.0 Å². The number of benzene rings is 1. The number of hydrogen-bond donors (Lipinski definition) is 3. The fourth-order valence-corrected chi connectivity index (χ4v) is 3.11. The SMILES string of the molecule is Cc1ccc(C(=O)NNC(=S)N[C@H]2CCC[C@H](C)[C@@H]2C)cc1F. The summed E-state index contributed by atoms with van der Waals surface area (Å²) in [4.78, 5) is 12.0. The fourth-order valence-electron chi connectivity index (χ4n) is 2.91. The number of rotatable bonds is 2. The molecule has 2 rings (SSSR count). The van der Waals surface area contributed by atoms with Gasteiger partial charge in [-0.25, -0.2) is 4.39 Å². The van der Waals surface area contributed by atoms with Gasteiger partial charge in [0.15, 0.2) is 5.11 Å². The average Bonchev–Trinajstić information content (AvgIpc) is 2.52. The van der Waals surface area contributed by atoms with Crippen LogP contribution in [-0.2, 0) is 0 Å². The van der Waals surface area contributed by atoms with Crippen molar-refractivity contribution in [3.8, 4) is 0 Å². The van der Waals surface area contributed by atoms with Crippen molar-refractivity contribution in [2.24, 2.45) is 11.8 Å². The summed E-state index contributed by atoms with van der Waals surface area (Å²) in [6, 6.07) is 4.68. The first kappa shape index (κ1) is 17.7. The smallest absolute Gasteiger partial charge is 0.269 e. The molecule has 0 aliphatic heterocycles. The largest absolute Gasteiger partial charge is 0.358 e. The van der Waals surface area contributed by atoms with Crippen LogP contribution in [-0.4, -0.2) is 17.1 Å². The Hall–Kier alpha value is -1.69. The summed E-state index contributed by atoms with van der Waals surface area (Å²) in [5, 5.41) is 3.64. The van der Waals surface area contributed by atoms with Gasteiger partial charge in [-0.05, 0) is 55.1 Å². The van der Waals surface area contributed by atoms with E-state index in [9.17, 15) is 9.18 Å². The molecular weight excluding hydrogens is 313 g/mol. The van der Waals surface area contributed by atoms with Crippen LogP contribution >= 0.6 is 12.2 Å². The molecule has 126 valence electrons. The van der Waals surface area contributed by atoms with E-state index in [2.05, 4.69) is 30.0 Å². The Balaban J connectivity index is 1.84. The van der Waals surface area contributed by atoms with Gasteiger partial charge in [0.05, 0.1) is 0 Å². The van der Waals surface area contributed by atoms with E-state index in [0.29, 0.717) is 28.6 Å². The summed E-state index contributed by atoms with van der Waals surface area (Å²) in [6.45, 7) is 6.13. The van der Waals surface area contributed by atoms with Crippen LogP contribution in [0.3, 0.4) is 0 Å². The summed E-state index contributed by atoms with van der Waals surface area (Å²) in [5.74, 6) is 0.376. The Morgan fingerprint density at radius 1 is 1.26 bits per heavy atom. The van der Waals surface area contributed by atoms with Crippen molar-refractivity contribution in [2.75, 3.05) is 0 Å². The lowest BCUT2D eigenvalue weighted by Crippen LogP contribution is -2.52. The minimum absolute atomic E-state index is 0.253. The highest BCUT2D eigenvalue weighted by molar-refractivity contribution is 7.80. The Bertz CT molecular complexity index is 593. The molecule has 4 nitrogen and oxygen atoms in total. The van der Waals surface area contributed by atoms with Crippen LogP contribution in [0.5, 0.6) is 0 Å². The molecule has 1 aliphatic carbocycles. The van der Waals surface area contributed by atoms with E-state index in [1.807, 2.05) is 0 Å². The third-order valence-electron chi connectivity index (χ3n) is 4.75. The van der Waals surface area contributed by atoms with Crippen molar-refractivity contribution >= 4 is 23.2 Å². The zero-order valence-corrected chi connectivity index (χ0v) is 14.6. The summed E-state index contributed by atoms with van der Waals surface area (Å²) in [7, 11) is 0. The lowest BCUT2D eigenvalue weighted by molar-refractivity contribution is 0.0942. The van der Waals surface area contributed by atoms with E-state index in [1.165, 1.54) is 18.9 Å². The van der Waals surface area contributed by atoms with Crippen molar-refractivity contribution in [2.45, 2.75) is 46.1 Å². The van der Waals surface area contributed by atoms with Crippen LogP contribution in [0.25, 0.3) is 0 Å². The molecule has 23 heavy (non-hydrogen) atoms. The van der Waals surface area contributed by atoms with E-state index in [-0.39, 0.29) is 5.56 Å². The molecule has 3 atom stereocenters. The third-order valence-corrected chi connectivity index (χ3v) is 4.97. The normalized spacial score (nSPS) is 23.9. The van der Waals surface area contributed by atoms with Crippen molar-refractivity contribution in [3.05, 3.63) is 35.1 Å². The van der Waals surface area contributed by atoms with E-state index in [0.717, 1.165) is 6.42 Å². The molecule has 1 amide bonds. The number of amides is 1. The average molecular weight is 337 g/mol. The highest BCUT2D eigenvalue weighted by atomic mass is 32.1. The number of carbonyl (C=O) groups is 1. The van der Waals surface area contributed by atoms with Crippen molar-refractivity contribution < 1.29 is 9.18 Å². The highest BCUT2D eigenvalue weighted by Crippen LogP contribution is 2.29. The van der Waals surface area contributed by atoms with Gasteiger partial charge in [0.25, 0.3) is 5.91 Å². The molecule has 0 radical (unpaired) electrons. The molecule has 1 aliphatic rings. The zero-order chi connectivity index (χ0) is 17.0. The van der Waals surface area contributed by atoms with Crippen LogP contribution in [0.4, 0.5) is 4.39 Å². The standard InChI is InChI=1S/C17H24FN3OS/c1-10-5-4-6-15(12(10)3)19-17(23)21-20-16(22)13-8-7-11(2)14(18)9-13/h7-10,12,15H,4-6H2,1-3H3,(H,20,22)(H2,19,21,23)/t10-,12-,15-/m0/s1. The molecule has 0 saturated heterocycles. The second-order valence-corrected chi connectivity index (χ2v) is 6.80. The van der Waals surface area contributed by atoms with E-state index in [4.69, 9.17) is 12.2 Å². The number of halogens is 1. The summed E-state index contributed by atoms with van der Waals surface area (Å²) >= 11 is 5.23. The molecule has 1 fully saturated rings. The Morgan fingerprint density at radius 2 is 2.00 bits per heavy atom. The van der Waals surface area contributed by atoms with E-state index >= 15 is 0 Å².